The first kappa shape index (κ1) is 13.9. The van der Waals surface area contributed by atoms with E-state index in [9.17, 15) is 0 Å². The standard InChI is InChI=1S/C13H23N3O/c1-5-14-9-12-7-6-8-15-13(12)16(3)11(2)10-17-4/h6-8,11,14H,5,9-10H2,1-4H3. The number of likely N-dealkylation sites (N-methyl/N-ethyl adjacent to an activating group) is 1. The van der Waals surface area contributed by atoms with Gasteiger partial charge in [0, 0.05) is 32.5 Å². The number of pyridine rings is 1. The number of hydrogen-bond donors (Lipinski definition) is 1. The Kier molecular flexibility index (Phi) is 5.94. The van der Waals surface area contributed by atoms with Crippen molar-refractivity contribution in [2.75, 3.05) is 32.2 Å². The zero-order valence-electron chi connectivity index (χ0n) is 11.2. The molecular formula is C13H23N3O. The minimum atomic E-state index is 0.315. The summed E-state index contributed by atoms with van der Waals surface area (Å²) in [6.07, 6.45) is 1.83. The third-order valence-electron chi connectivity index (χ3n) is 2.84. The number of rotatable bonds is 7. The van der Waals surface area contributed by atoms with E-state index >= 15 is 0 Å². The second-order valence-electron chi connectivity index (χ2n) is 4.18. The minimum absolute atomic E-state index is 0.315. The van der Waals surface area contributed by atoms with Crippen molar-refractivity contribution < 1.29 is 4.74 Å². The van der Waals surface area contributed by atoms with Crippen LogP contribution in [0.2, 0.25) is 0 Å². The van der Waals surface area contributed by atoms with Gasteiger partial charge in [-0.3, -0.25) is 0 Å². The lowest BCUT2D eigenvalue weighted by molar-refractivity contribution is 0.183. The number of ether oxygens (including phenoxy) is 1. The van der Waals surface area contributed by atoms with Crippen LogP contribution < -0.4 is 10.2 Å². The van der Waals surface area contributed by atoms with E-state index in [4.69, 9.17) is 4.74 Å². The monoisotopic (exact) mass is 237 g/mol. The molecule has 96 valence electrons. The van der Waals surface area contributed by atoms with Crippen molar-refractivity contribution >= 4 is 5.82 Å². The van der Waals surface area contributed by atoms with Crippen LogP contribution in [-0.4, -0.2) is 38.3 Å². The molecule has 1 heterocycles. The average molecular weight is 237 g/mol. The average Bonchev–Trinajstić information content (AvgIpc) is 2.36. The van der Waals surface area contributed by atoms with Crippen LogP contribution in [0, 0.1) is 0 Å². The van der Waals surface area contributed by atoms with Crippen LogP contribution in [0.1, 0.15) is 19.4 Å². The second kappa shape index (κ2) is 7.25. The normalized spacial score (nSPS) is 12.5. The highest BCUT2D eigenvalue weighted by Gasteiger charge is 2.14. The number of nitrogens with zero attached hydrogens (tertiary/aromatic N) is 2. The van der Waals surface area contributed by atoms with Crippen molar-refractivity contribution in [1.82, 2.24) is 10.3 Å². The zero-order chi connectivity index (χ0) is 12.7. The first-order valence-corrected chi connectivity index (χ1v) is 6.07. The molecule has 1 atom stereocenters. The SMILES string of the molecule is CCNCc1cccnc1N(C)C(C)COC. The van der Waals surface area contributed by atoms with Gasteiger partial charge in [0.25, 0.3) is 0 Å². The molecule has 0 aliphatic carbocycles. The van der Waals surface area contributed by atoms with Crippen molar-refractivity contribution in [1.29, 1.82) is 0 Å². The molecule has 0 aromatic carbocycles. The van der Waals surface area contributed by atoms with E-state index < -0.39 is 0 Å². The first-order valence-electron chi connectivity index (χ1n) is 6.07. The molecule has 0 saturated heterocycles. The van der Waals surface area contributed by atoms with Gasteiger partial charge in [0.1, 0.15) is 5.82 Å². The van der Waals surface area contributed by atoms with Gasteiger partial charge in [0.15, 0.2) is 0 Å². The number of aromatic nitrogens is 1. The smallest absolute Gasteiger partial charge is 0.133 e. The fraction of sp³-hybridized carbons (Fsp3) is 0.615. The van der Waals surface area contributed by atoms with E-state index in [0.717, 1.165) is 18.9 Å². The van der Waals surface area contributed by atoms with Gasteiger partial charge in [-0.15, -0.1) is 0 Å². The topological polar surface area (TPSA) is 37.4 Å². The second-order valence-corrected chi connectivity index (χ2v) is 4.18. The number of nitrogens with one attached hydrogen (secondary N) is 1. The number of hydrogen-bond acceptors (Lipinski definition) is 4. The summed E-state index contributed by atoms with van der Waals surface area (Å²) in [7, 11) is 3.78. The maximum atomic E-state index is 5.18. The molecule has 0 amide bonds. The molecule has 17 heavy (non-hydrogen) atoms. The fourth-order valence-electron chi connectivity index (χ4n) is 1.71. The molecular weight excluding hydrogens is 214 g/mol. The van der Waals surface area contributed by atoms with Crippen LogP contribution in [0.3, 0.4) is 0 Å². The lowest BCUT2D eigenvalue weighted by atomic mass is 10.2. The molecule has 1 unspecified atom stereocenters. The Morgan fingerprint density at radius 2 is 2.29 bits per heavy atom. The number of anilines is 1. The first-order chi connectivity index (χ1) is 8.20. The van der Waals surface area contributed by atoms with Crippen molar-refractivity contribution in [2.45, 2.75) is 26.4 Å². The molecule has 1 aromatic rings. The van der Waals surface area contributed by atoms with E-state index in [0.29, 0.717) is 12.6 Å². The Labute approximate surface area is 104 Å². The van der Waals surface area contributed by atoms with Gasteiger partial charge < -0.3 is 15.0 Å². The predicted octanol–water partition coefficient (Wildman–Crippen LogP) is 1.66. The highest BCUT2D eigenvalue weighted by molar-refractivity contribution is 5.46. The molecule has 0 radical (unpaired) electrons. The molecule has 0 bridgehead atoms. The molecule has 1 N–H and O–H groups in total. The molecule has 4 heteroatoms. The quantitative estimate of drug-likeness (QED) is 0.782. The van der Waals surface area contributed by atoms with Crippen LogP contribution >= 0.6 is 0 Å². The molecule has 0 aliphatic rings. The highest BCUT2D eigenvalue weighted by atomic mass is 16.5. The molecule has 4 nitrogen and oxygen atoms in total. The summed E-state index contributed by atoms with van der Waals surface area (Å²) in [5.74, 6) is 1.03. The summed E-state index contributed by atoms with van der Waals surface area (Å²) < 4.78 is 5.18. The Hall–Kier alpha value is -1.13. The minimum Gasteiger partial charge on any atom is -0.383 e. The van der Waals surface area contributed by atoms with Gasteiger partial charge in [0.2, 0.25) is 0 Å². The molecule has 0 spiro atoms. The van der Waals surface area contributed by atoms with Crippen molar-refractivity contribution in [3.63, 3.8) is 0 Å². The summed E-state index contributed by atoms with van der Waals surface area (Å²) in [6, 6.07) is 4.40. The lowest BCUT2D eigenvalue weighted by Gasteiger charge is -2.27. The van der Waals surface area contributed by atoms with Crippen molar-refractivity contribution in [2.24, 2.45) is 0 Å². The Bertz CT molecular complexity index is 330. The van der Waals surface area contributed by atoms with Crippen LogP contribution in [0.15, 0.2) is 18.3 Å². The third-order valence-corrected chi connectivity index (χ3v) is 2.84. The Morgan fingerprint density at radius 3 is 2.94 bits per heavy atom. The predicted molar refractivity (Wildman–Crippen MR) is 71.4 cm³/mol. The van der Waals surface area contributed by atoms with Gasteiger partial charge in [-0.25, -0.2) is 4.98 Å². The van der Waals surface area contributed by atoms with Crippen LogP contribution in [0.4, 0.5) is 5.82 Å². The van der Waals surface area contributed by atoms with Crippen molar-refractivity contribution in [3.05, 3.63) is 23.9 Å². The van der Waals surface area contributed by atoms with Gasteiger partial charge in [-0.05, 0) is 19.5 Å². The van der Waals surface area contributed by atoms with Crippen LogP contribution in [0.5, 0.6) is 0 Å². The highest BCUT2D eigenvalue weighted by Crippen LogP contribution is 2.17. The molecule has 1 aromatic heterocycles. The Balaban J connectivity index is 2.80. The largest absolute Gasteiger partial charge is 0.383 e. The zero-order valence-corrected chi connectivity index (χ0v) is 11.2. The van der Waals surface area contributed by atoms with Crippen LogP contribution in [0.25, 0.3) is 0 Å². The fourth-order valence-corrected chi connectivity index (χ4v) is 1.71. The van der Waals surface area contributed by atoms with Gasteiger partial charge in [-0.1, -0.05) is 13.0 Å². The maximum absolute atomic E-state index is 5.18. The van der Waals surface area contributed by atoms with Gasteiger partial charge in [-0.2, -0.15) is 0 Å². The van der Waals surface area contributed by atoms with Gasteiger partial charge >= 0.3 is 0 Å². The summed E-state index contributed by atoms with van der Waals surface area (Å²) in [5.41, 5.74) is 1.22. The Morgan fingerprint density at radius 1 is 1.53 bits per heavy atom. The van der Waals surface area contributed by atoms with E-state index in [2.05, 4.69) is 42.2 Å². The number of methoxy groups -OCH3 is 1. The summed E-state index contributed by atoms with van der Waals surface area (Å²) in [6.45, 7) is 6.76. The molecule has 0 fully saturated rings. The lowest BCUT2D eigenvalue weighted by Crippen LogP contribution is -2.34. The van der Waals surface area contributed by atoms with E-state index in [1.54, 1.807) is 7.11 Å². The van der Waals surface area contributed by atoms with E-state index in [-0.39, 0.29) is 0 Å². The molecule has 0 saturated carbocycles. The summed E-state index contributed by atoms with van der Waals surface area (Å²) in [5, 5.41) is 3.33. The van der Waals surface area contributed by atoms with Crippen molar-refractivity contribution in [3.8, 4) is 0 Å². The van der Waals surface area contributed by atoms with E-state index in [1.165, 1.54) is 5.56 Å². The summed E-state index contributed by atoms with van der Waals surface area (Å²) >= 11 is 0. The summed E-state index contributed by atoms with van der Waals surface area (Å²) in [4.78, 5) is 6.63. The van der Waals surface area contributed by atoms with Crippen LogP contribution in [-0.2, 0) is 11.3 Å². The third kappa shape index (κ3) is 3.98. The van der Waals surface area contributed by atoms with E-state index in [1.807, 2.05) is 12.3 Å². The molecule has 1 rings (SSSR count). The molecule has 0 aliphatic heterocycles. The van der Waals surface area contributed by atoms with Gasteiger partial charge in [0.05, 0.1) is 12.6 Å². The maximum Gasteiger partial charge on any atom is 0.133 e.